The topological polar surface area (TPSA) is 48.1 Å². The first kappa shape index (κ1) is 11.2. The van der Waals surface area contributed by atoms with Crippen LogP contribution in [0.4, 0.5) is 5.82 Å². The molecule has 0 unspecified atom stereocenters. The van der Waals surface area contributed by atoms with Gasteiger partial charge in [0.25, 0.3) is 0 Å². The smallest absolute Gasteiger partial charge is 0.147 e. The first-order chi connectivity index (χ1) is 7.65. The molecule has 0 spiro atoms. The Hall–Kier alpha value is -1.26. The highest BCUT2D eigenvalue weighted by atomic mass is 79.9. The van der Waals surface area contributed by atoms with Crippen LogP contribution in [0.25, 0.3) is 0 Å². The van der Waals surface area contributed by atoms with Crippen molar-refractivity contribution < 1.29 is 4.74 Å². The number of pyridine rings is 1. The normalized spacial score (nSPS) is 10.1. The third-order valence-electron chi connectivity index (χ3n) is 1.87. The van der Waals surface area contributed by atoms with E-state index >= 15 is 0 Å². The highest BCUT2D eigenvalue weighted by Gasteiger charge is 2.04. The fraction of sp³-hybridized carbons (Fsp3) is 0. The molecule has 3 nitrogen and oxygen atoms in total. The van der Waals surface area contributed by atoms with Crippen molar-refractivity contribution in [1.29, 1.82) is 0 Å². The Morgan fingerprint density at radius 1 is 1.25 bits per heavy atom. The molecule has 0 aliphatic carbocycles. The van der Waals surface area contributed by atoms with Gasteiger partial charge in [-0.1, -0.05) is 27.5 Å². The lowest BCUT2D eigenvalue weighted by Gasteiger charge is -2.07. The largest absolute Gasteiger partial charge is 0.456 e. The summed E-state index contributed by atoms with van der Waals surface area (Å²) in [6.07, 6.45) is 1.58. The number of ether oxygens (including phenoxy) is 1. The van der Waals surface area contributed by atoms with E-state index in [1.165, 1.54) is 0 Å². The van der Waals surface area contributed by atoms with Gasteiger partial charge in [-0.15, -0.1) is 0 Å². The van der Waals surface area contributed by atoms with Crippen LogP contribution in [-0.4, -0.2) is 4.98 Å². The molecule has 0 saturated carbocycles. The molecule has 1 aromatic heterocycles. The van der Waals surface area contributed by atoms with Gasteiger partial charge in [0.05, 0.1) is 5.02 Å². The molecule has 0 radical (unpaired) electrons. The lowest BCUT2D eigenvalue weighted by molar-refractivity contribution is 0.482. The predicted molar refractivity (Wildman–Crippen MR) is 67.9 cm³/mol. The molecule has 2 rings (SSSR count). The molecule has 1 aromatic carbocycles. The Kier molecular flexibility index (Phi) is 3.31. The average molecular weight is 300 g/mol. The quantitative estimate of drug-likeness (QED) is 0.915. The van der Waals surface area contributed by atoms with Crippen molar-refractivity contribution in [2.45, 2.75) is 0 Å². The first-order valence-electron chi connectivity index (χ1n) is 4.49. The summed E-state index contributed by atoms with van der Waals surface area (Å²) >= 11 is 9.34. The maximum absolute atomic E-state index is 5.99. The summed E-state index contributed by atoms with van der Waals surface area (Å²) in [4.78, 5) is 3.88. The van der Waals surface area contributed by atoms with E-state index in [-0.39, 0.29) is 0 Å². The summed E-state index contributed by atoms with van der Waals surface area (Å²) in [6, 6.07) is 8.74. The van der Waals surface area contributed by atoms with E-state index in [4.69, 9.17) is 22.1 Å². The van der Waals surface area contributed by atoms with E-state index in [1.54, 1.807) is 30.5 Å². The third-order valence-corrected chi connectivity index (χ3v) is 2.68. The molecule has 0 fully saturated rings. The molecule has 0 amide bonds. The molecule has 1 heterocycles. The number of hydrogen-bond acceptors (Lipinski definition) is 3. The maximum Gasteiger partial charge on any atom is 0.147 e. The summed E-state index contributed by atoms with van der Waals surface area (Å²) in [5.74, 6) is 1.58. The molecule has 0 aliphatic rings. The number of nitrogen functional groups attached to an aromatic ring is 1. The SMILES string of the molecule is Nc1cc(Oc2cc(Br)ccc2Cl)ccn1. The summed E-state index contributed by atoms with van der Waals surface area (Å²) in [6.45, 7) is 0. The highest BCUT2D eigenvalue weighted by molar-refractivity contribution is 9.10. The molecule has 82 valence electrons. The molecule has 2 aromatic rings. The molecule has 5 heteroatoms. The lowest BCUT2D eigenvalue weighted by atomic mass is 10.3. The van der Waals surface area contributed by atoms with Gasteiger partial charge in [0, 0.05) is 16.7 Å². The van der Waals surface area contributed by atoms with Crippen LogP contribution in [0.1, 0.15) is 0 Å². The molecule has 0 atom stereocenters. The van der Waals surface area contributed by atoms with Crippen LogP contribution in [-0.2, 0) is 0 Å². The Bertz CT molecular complexity index is 519. The van der Waals surface area contributed by atoms with Crippen LogP contribution < -0.4 is 10.5 Å². The van der Waals surface area contributed by atoms with Crippen molar-refractivity contribution in [3.8, 4) is 11.5 Å². The van der Waals surface area contributed by atoms with Gasteiger partial charge in [-0.3, -0.25) is 0 Å². The van der Waals surface area contributed by atoms with Crippen LogP contribution in [0.3, 0.4) is 0 Å². The number of halogens is 2. The van der Waals surface area contributed by atoms with Gasteiger partial charge in [0.15, 0.2) is 0 Å². The number of benzene rings is 1. The van der Waals surface area contributed by atoms with Crippen LogP contribution in [0.15, 0.2) is 41.0 Å². The zero-order valence-corrected chi connectivity index (χ0v) is 10.5. The highest BCUT2D eigenvalue weighted by Crippen LogP contribution is 2.32. The van der Waals surface area contributed by atoms with Crippen molar-refractivity contribution in [2.24, 2.45) is 0 Å². The first-order valence-corrected chi connectivity index (χ1v) is 5.67. The van der Waals surface area contributed by atoms with Crippen molar-refractivity contribution >= 4 is 33.3 Å². The van der Waals surface area contributed by atoms with Crippen molar-refractivity contribution in [1.82, 2.24) is 4.98 Å². The number of nitrogens with two attached hydrogens (primary N) is 1. The Labute approximate surface area is 106 Å². The summed E-state index contributed by atoms with van der Waals surface area (Å²) < 4.78 is 6.49. The van der Waals surface area contributed by atoms with E-state index in [0.29, 0.717) is 22.3 Å². The molecule has 0 aliphatic heterocycles. The van der Waals surface area contributed by atoms with Gasteiger partial charge in [-0.25, -0.2) is 4.98 Å². The zero-order valence-electron chi connectivity index (χ0n) is 8.15. The number of aromatic nitrogens is 1. The average Bonchev–Trinajstić information content (AvgIpc) is 2.24. The summed E-state index contributed by atoms with van der Waals surface area (Å²) in [7, 11) is 0. The summed E-state index contributed by atoms with van der Waals surface area (Å²) in [5, 5.41) is 0.540. The fourth-order valence-corrected chi connectivity index (χ4v) is 1.67. The Balaban J connectivity index is 2.30. The standard InChI is InChI=1S/C11H8BrClN2O/c12-7-1-2-9(13)10(5-7)16-8-3-4-15-11(14)6-8/h1-6H,(H2,14,15). The minimum absolute atomic E-state index is 0.406. The number of anilines is 1. The van der Waals surface area contributed by atoms with E-state index in [2.05, 4.69) is 20.9 Å². The second-order valence-corrected chi connectivity index (χ2v) is 4.42. The molecule has 2 N–H and O–H groups in total. The lowest BCUT2D eigenvalue weighted by Crippen LogP contribution is -1.91. The number of nitrogens with zero attached hydrogens (tertiary/aromatic N) is 1. The molecule has 0 saturated heterocycles. The van der Waals surface area contributed by atoms with Crippen LogP contribution in [0, 0.1) is 0 Å². The third kappa shape index (κ3) is 2.65. The van der Waals surface area contributed by atoms with Gasteiger partial charge in [0.2, 0.25) is 0 Å². The van der Waals surface area contributed by atoms with E-state index in [0.717, 1.165) is 4.47 Å². The van der Waals surface area contributed by atoms with Gasteiger partial charge in [0.1, 0.15) is 17.3 Å². The Morgan fingerprint density at radius 3 is 2.81 bits per heavy atom. The second-order valence-electron chi connectivity index (χ2n) is 3.09. The van der Waals surface area contributed by atoms with Gasteiger partial charge >= 0.3 is 0 Å². The molecular formula is C11H8BrClN2O. The molecule has 0 bridgehead atoms. The van der Waals surface area contributed by atoms with Gasteiger partial charge < -0.3 is 10.5 Å². The van der Waals surface area contributed by atoms with Crippen LogP contribution in [0.2, 0.25) is 5.02 Å². The van der Waals surface area contributed by atoms with Gasteiger partial charge in [-0.2, -0.15) is 0 Å². The van der Waals surface area contributed by atoms with Crippen LogP contribution in [0.5, 0.6) is 11.5 Å². The van der Waals surface area contributed by atoms with Crippen molar-refractivity contribution in [3.63, 3.8) is 0 Å². The van der Waals surface area contributed by atoms with Crippen LogP contribution >= 0.6 is 27.5 Å². The van der Waals surface area contributed by atoms with Crippen molar-refractivity contribution in [3.05, 3.63) is 46.0 Å². The minimum atomic E-state index is 0.406. The number of rotatable bonds is 2. The molecule has 16 heavy (non-hydrogen) atoms. The predicted octanol–water partition coefficient (Wildman–Crippen LogP) is 3.87. The van der Waals surface area contributed by atoms with E-state index < -0.39 is 0 Å². The maximum atomic E-state index is 5.99. The minimum Gasteiger partial charge on any atom is -0.456 e. The number of hydrogen-bond donors (Lipinski definition) is 1. The zero-order chi connectivity index (χ0) is 11.5. The van der Waals surface area contributed by atoms with Gasteiger partial charge in [-0.05, 0) is 24.3 Å². The van der Waals surface area contributed by atoms with E-state index in [9.17, 15) is 0 Å². The van der Waals surface area contributed by atoms with E-state index in [1.807, 2.05) is 6.07 Å². The monoisotopic (exact) mass is 298 g/mol. The second kappa shape index (κ2) is 4.72. The summed E-state index contributed by atoms with van der Waals surface area (Å²) in [5.41, 5.74) is 5.55. The Morgan fingerprint density at radius 2 is 2.06 bits per heavy atom. The fourth-order valence-electron chi connectivity index (χ4n) is 1.17. The van der Waals surface area contributed by atoms with Crippen molar-refractivity contribution in [2.75, 3.05) is 5.73 Å². The molecular weight excluding hydrogens is 291 g/mol.